The molecule has 0 radical (unpaired) electrons. The van der Waals surface area contributed by atoms with Crippen LogP contribution in [0.15, 0.2) is 97.1 Å². The van der Waals surface area contributed by atoms with Crippen LogP contribution in [0.3, 0.4) is 0 Å². The highest BCUT2D eigenvalue weighted by molar-refractivity contribution is 6.31. The Bertz CT molecular complexity index is 2100. The van der Waals surface area contributed by atoms with E-state index in [0.29, 0.717) is 11.1 Å². The van der Waals surface area contributed by atoms with Gasteiger partial charge < -0.3 is 24.3 Å². The van der Waals surface area contributed by atoms with E-state index in [1.165, 1.54) is 60.7 Å². The lowest BCUT2D eigenvalue weighted by Gasteiger charge is -2.28. The highest BCUT2D eigenvalue weighted by Crippen LogP contribution is 2.25. The van der Waals surface area contributed by atoms with E-state index in [-0.39, 0.29) is 41.5 Å². The van der Waals surface area contributed by atoms with E-state index in [1.54, 1.807) is 71.9 Å². The number of guanidine groups is 1. The van der Waals surface area contributed by atoms with Gasteiger partial charge in [0.15, 0.2) is 0 Å². The van der Waals surface area contributed by atoms with Crippen molar-refractivity contribution in [3.8, 4) is 5.75 Å². The molecule has 0 saturated heterocycles. The molecule has 0 heterocycles. The molecule has 4 aromatic rings. The molecule has 0 bridgehead atoms. The Labute approximate surface area is 334 Å². The van der Waals surface area contributed by atoms with Crippen LogP contribution in [0.5, 0.6) is 5.75 Å². The van der Waals surface area contributed by atoms with E-state index in [2.05, 4.69) is 10.6 Å². The lowest BCUT2D eigenvalue weighted by Crippen LogP contribution is -2.49. The summed E-state index contributed by atoms with van der Waals surface area (Å²) in [5.74, 6) is -3.13. The molecule has 0 spiro atoms. The van der Waals surface area contributed by atoms with Crippen molar-refractivity contribution in [2.75, 3.05) is 4.90 Å². The summed E-state index contributed by atoms with van der Waals surface area (Å²) < 4.78 is 35.5. The highest BCUT2D eigenvalue weighted by atomic mass is 35.5. The summed E-state index contributed by atoms with van der Waals surface area (Å²) in [6.45, 7) is 9.83. The number of amides is 3. The molecule has 15 heteroatoms. The van der Waals surface area contributed by atoms with E-state index < -0.39 is 59.1 Å². The number of hydrogen-bond acceptors (Lipinski definition) is 10. The number of hydrogen-bond donors (Lipinski definition) is 3. The van der Waals surface area contributed by atoms with Crippen molar-refractivity contribution in [2.45, 2.75) is 78.2 Å². The number of esters is 2. The van der Waals surface area contributed by atoms with Crippen LogP contribution in [-0.2, 0) is 43.2 Å². The molecule has 3 amide bonds. The highest BCUT2D eigenvalue weighted by Gasteiger charge is 2.30. The molecule has 0 aliphatic carbocycles. The van der Waals surface area contributed by atoms with Crippen LogP contribution < -0.4 is 20.3 Å². The summed E-state index contributed by atoms with van der Waals surface area (Å²) in [6.07, 6.45) is -2.19. The maximum atomic E-state index is 13.9. The third-order valence-corrected chi connectivity index (χ3v) is 7.89. The summed E-state index contributed by atoms with van der Waals surface area (Å²) in [4.78, 5) is 65.6. The van der Waals surface area contributed by atoms with Crippen molar-refractivity contribution in [2.24, 2.45) is 0 Å². The zero-order valence-electron chi connectivity index (χ0n) is 32.3. The monoisotopic (exact) mass is 802 g/mol. The SMILES string of the molecule is CC(C)(C)OC(=O)NC(=N)N(C(=O)OC(C)(C)C)c1ccc(C(=O)Oc2ccc(CC(=O)N[C@@H](Cc3cccc(F)c3)C(=O)OCc3ccccc3)c(Cl)c2)cc1. The van der Waals surface area contributed by atoms with E-state index in [4.69, 9.17) is 36.0 Å². The summed E-state index contributed by atoms with van der Waals surface area (Å²) in [5.41, 5.74) is -0.0424. The third-order valence-electron chi connectivity index (χ3n) is 7.54. The average Bonchev–Trinajstić information content (AvgIpc) is 3.10. The van der Waals surface area contributed by atoms with Gasteiger partial charge in [-0.05, 0) is 107 Å². The first kappa shape index (κ1) is 43.4. The minimum absolute atomic E-state index is 0.0199. The smallest absolute Gasteiger partial charge is 0.421 e. The Morgan fingerprint density at radius 2 is 1.46 bits per heavy atom. The fourth-order valence-electron chi connectivity index (χ4n) is 5.08. The van der Waals surface area contributed by atoms with Gasteiger partial charge in [-0.1, -0.05) is 60.1 Å². The maximum Gasteiger partial charge on any atom is 0.421 e. The molecule has 0 unspecified atom stereocenters. The summed E-state index contributed by atoms with van der Waals surface area (Å²) in [7, 11) is 0. The van der Waals surface area contributed by atoms with Gasteiger partial charge in [-0.3, -0.25) is 15.5 Å². The molecule has 0 aromatic heterocycles. The lowest BCUT2D eigenvalue weighted by molar-refractivity contribution is -0.149. The molecule has 0 fully saturated rings. The average molecular weight is 803 g/mol. The van der Waals surface area contributed by atoms with Gasteiger partial charge in [-0.25, -0.2) is 28.5 Å². The number of halogens is 2. The van der Waals surface area contributed by atoms with Crippen LogP contribution in [0.1, 0.15) is 68.6 Å². The van der Waals surface area contributed by atoms with Gasteiger partial charge in [0.1, 0.15) is 35.4 Å². The molecule has 3 N–H and O–H groups in total. The zero-order chi connectivity index (χ0) is 41.9. The Balaban J connectivity index is 1.42. The molecule has 1 atom stereocenters. The number of alkyl carbamates (subject to hydrolysis) is 1. The number of carbonyl (C=O) groups excluding carboxylic acids is 5. The number of carbonyl (C=O) groups is 5. The molecule has 0 aliphatic heterocycles. The zero-order valence-corrected chi connectivity index (χ0v) is 33.1. The molecule has 4 rings (SSSR count). The van der Waals surface area contributed by atoms with E-state index in [9.17, 15) is 28.4 Å². The topological polar surface area (TPSA) is 173 Å². The molecular formula is C42H44ClFN4O9. The normalized spacial score (nSPS) is 11.7. The van der Waals surface area contributed by atoms with Crippen LogP contribution in [0.4, 0.5) is 19.7 Å². The van der Waals surface area contributed by atoms with Crippen molar-refractivity contribution < 1.29 is 47.3 Å². The molecule has 57 heavy (non-hydrogen) atoms. The second-order valence-electron chi connectivity index (χ2n) is 14.7. The van der Waals surface area contributed by atoms with Crippen LogP contribution in [0.2, 0.25) is 5.02 Å². The Morgan fingerprint density at radius 3 is 2.07 bits per heavy atom. The molecular weight excluding hydrogens is 759 g/mol. The lowest BCUT2D eigenvalue weighted by atomic mass is 10.0. The number of nitrogens with one attached hydrogen (secondary N) is 3. The van der Waals surface area contributed by atoms with Gasteiger partial charge >= 0.3 is 24.1 Å². The van der Waals surface area contributed by atoms with Gasteiger partial charge in [0.2, 0.25) is 11.9 Å². The number of ether oxygens (including phenoxy) is 4. The molecule has 0 saturated carbocycles. The van der Waals surface area contributed by atoms with Crippen molar-refractivity contribution in [1.82, 2.24) is 10.6 Å². The van der Waals surface area contributed by atoms with Crippen molar-refractivity contribution in [3.05, 3.63) is 130 Å². The maximum absolute atomic E-state index is 13.9. The predicted molar refractivity (Wildman–Crippen MR) is 211 cm³/mol. The Hall–Kier alpha value is -6.28. The number of nitrogens with zero attached hydrogens (tertiary/aromatic N) is 1. The summed E-state index contributed by atoms with van der Waals surface area (Å²) >= 11 is 6.49. The fraction of sp³-hybridized carbons (Fsp3) is 0.286. The van der Waals surface area contributed by atoms with Crippen molar-refractivity contribution >= 4 is 53.3 Å². The van der Waals surface area contributed by atoms with Gasteiger partial charge in [-0.2, -0.15) is 0 Å². The van der Waals surface area contributed by atoms with Crippen molar-refractivity contribution in [1.29, 1.82) is 5.41 Å². The Morgan fingerprint density at radius 1 is 0.807 bits per heavy atom. The van der Waals surface area contributed by atoms with E-state index in [1.807, 2.05) is 6.07 Å². The number of benzene rings is 4. The first-order chi connectivity index (χ1) is 26.8. The van der Waals surface area contributed by atoms with Crippen LogP contribution in [0.25, 0.3) is 0 Å². The fourth-order valence-corrected chi connectivity index (χ4v) is 5.31. The van der Waals surface area contributed by atoms with Crippen molar-refractivity contribution in [3.63, 3.8) is 0 Å². The second-order valence-corrected chi connectivity index (χ2v) is 15.1. The van der Waals surface area contributed by atoms with Gasteiger partial charge in [0.25, 0.3) is 0 Å². The quantitative estimate of drug-likeness (QED) is 0.0448. The van der Waals surface area contributed by atoms with Crippen LogP contribution >= 0.6 is 11.6 Å². The predicted octanol–water partition coefficient (Wildman–Crippen LogP) is 7.91. The van der Waals surface area contributed by atoms with E-state index in [0.717, 1.165) is 10.5 Å². The largest absolute Gasteiger partial charge is 0.459 e. The first-order valence-electron chi connectivity index (χ1n) is 17.7. The van der Waals surface area contributed by atoms with Gasteiger partial charge in [0.05, 0.1) is 17.7 Å². The standard InChI is InChI=1S/C42H44ClFN4O9/c1-41(2,3)56-39(52)47-38(45)48(40(53)57-42(4,5)6)31-18-15-28(16-19-31)36(50)55-32-20-17-29(33(43)24-32)23-35(49)46-34(22-27-13-10-14-30(44)21-27)37(51)54-25-26-11-8-7-9-12-26/h7-21,24,34H,22-23,25H2,1-6H3,(H,46,49)(H2,45,47,52)/t34-/m0/s1. The van der Waals surface area contributed by atoms with Gasteiger partial charge in [0, 0.05) is 11.4 Å². The molecule has 4 aromatic carbocycles. The molecule has 0 aliphatic rings. The molecule has 300 valence electrons. The van der Waals surface area contributed by atoms with Crippen LogP contribution in [0, 0.1) is 11.2 Å². The number of rotatable bonds is 11. The minimum Gasteiger partial charge on any atom is -0.459 e. The summed E-state index contributed by atoms with van der Waals surface area (Å²) in [5, 5.41) is 13.4. The molecule has 13 nitrogen and oxygen atoms in total. The van der Waals surface area contributed by atoms with Crippen LogP contribution in [-0.4, -0.2) is 53.2 Å². The number of anilines is 1. The Kier molecular flexibility index (Phi) is 14.5. The minimum atomic E-state index is -1.13. The summed E-state index contributed by atoms with van der Waals surface area (Å²) in [6, 6.07) is 23.3. The van der Waals surface area contributed by atoms with E-state index >= 15 is 0 Å². The van der Waals surface area contributed by atoms with Gasteiger partial charge in [-0.15, -0.1) is 0 Å². The first-order valence-corrected chi connectivity index (χ1v) is 18.1. The second kappa shape index (κ2) is 19.0. The third kappa shape index (κ3) is 14.1.